The van der Waals surface area contributed by atoms with Gasteiger partial charge in [0.1, 0.15) is 11.1 Å². The van der Waals surface area contributed by atoms with Gasteiger partial charge in [-0.05, 0) is 19.9 Å². The fourth-order valence-electron chi connectivity index (χ4n) is 1.96. The lowest BCUT2D eigenvalue weighted by Gasteiger charge is -2.20. The Morgan fingerprint density at radius 3 is 2.62 bits per heavy atom. The SMILES string of the molecule is COCc1c(C(=O)NC(C)(C)C(=O)O)oc2ccccc12. The number of fused-ring (bicyclic) bond motifs is 1. The average molecular weight is 291 g/mol. The van der Waals surface area contributed by atoms with Crippen molar-refractivity contribution >= 4 is 22.8 Å². The van der Waals surface area contributed by atoms with Crippen LogP contribution in [0.3, 0.4) is 0 Å². The highest BCUT2D eigenvalue weighted by atomic mass is 16.5. The first-order chi connectivity index (χ1) is 9.86. The van der Waals surface area contributed by atoms with Crippen molar-refractivity contribution in [2.75, 3.05) is 7.11 Å². The minimum absolute atomic E-state index is 0.0763. The number of carboxylic acid groups (broad SMARTS) is 1. The number of nitrogens with one attached hydrogen (secondary N) is 1. The van der Waals surface area contributed by atoms with E-state index in [-0.39, 0.29) is 12.4 Å². The number of hydrogen-bond donors (Lipinski definition) is 2. The standard InChI is InChI=1S/C15H17NO5/c1-15(2,14(18)19)16-13(17)12-10(8-20-3)9-6-4-5-7-11(9)21-12/h4-7H,8H2,1-3H3,(H,16,17)(H,18,19). The summed E-state index contributed by atoms with van der Waals surface area (Å²) < 4.78 is 10.7. The van der Waals surface area contributed by atoms with Crippen LogP contribution in [-0.4, -0.2) is 29.6 Å². The van der Waals surface area contributed by atoms with Gasteiger partial charge in [0.25, 0.3) is 5.91 Å². The summed E-state index contributed by atoms with van der Waals surface area (Å²) in [5, 5.41) is 12.3. The summed E-state index contributed by atoms with van der Waals surface area (Å²) in [5.41, 5.74) is -0.227. The average Bonchev–Trinajstić information content (AvgIpc) is 2.78. The maximum atomic E-state index is 12.3. The number of furan rings is 1. The van der Waals surface area contributed by atoms with Gasteiger partial charge >= 0.3 is 5.97 Å². The lowest BCUT2D eigenvalue weighted by atomic mass is 10.1. The highest BCUT2D eigenvalue weighted by molar-refractivity contribution is 6.01. The van der Waals surface area contributed by atoms with E-state index in [4.69, 9.17) is 14.3 Å². The zero-order chi connectivity index (χ0) is 15.6. The Kier molecular flexibility index (Phi) is 3.99. The minimum Gasteiger partial charge on any atom is -0.480 e. The van der Waals surface area contributed by atoms with Crippen molar-refractivity contribution in [2.24, 2.45) is 0 Å². The Labute approximate surface area is 121 Å². The molecule has 0 saturated heterocycles. The first-order valence-corrected chi connectivity index (χ1v) is 6.42. The van der Waals surface area contributed by atoms with Gasteiger partial charge in [0.2, 0.25) is 0 Å². The summed E-state index contributed by atoms with van der Waals surface area (Å²) in [5.74, 6) is -1.63. The summed E-state index contributed by atoms with van der Waals surface area (Å²) in [6.07, 6.45) is 0. The van der Waals surface area contributed by atoms with E-state index in [0.29, 0.717) is 11.1 Å². The van der Waals surface area contributed by atoms with Crippen LogP contribution in [0.15, 0.2) is 28.7 Å². The predicted octanol–water partition coefficient (Wildman–Crippen LogP) is 2.17. The van der Waals surface area contributed by atoms with Crippen LogP contribution in [0.25, 0.3) is 11.0 Å². The monoisotopic (exact) mass is 291 g/mol. The fourth-order valence-corrected chi connectivity index (χ4v) is 1.96. The highest BCUT2D eigenvalue weighted by Gasteiger charge is 2.31. The Bertz CT molecular complexity index is 686. The molecule has 2 aromatic rings. The van der Waals surface area contributed by atoms with Crippen molar-refractivity contribution in [1.82, 2.24) is 5.32 Å². The Morgan fingerprint density at radius 2 is 2.00 bits per heavy atom. The maximum absolute atomic E-state index is 12.3. The second-order valence-corrected chi connectivity index (χ2v) is 5.22. The number of benzene rings is 1. The van der Waals surface area contributed by atoms with Gasteiger partial charge < -0.3 is 19.6 Å². The molecule has 0 atom stereocenters. The van der Waals surface area contributed by atoms with Crippen LogP contribution in [-0.2, 0) is 16.1 Å². The maximum Gasteiger partial charge on any atom is 0.328 e. The molecule has 1 amide bonds. The van der Waals surface area contributed by atoms with E-state index >= 15 is 0 Å². The molecule has 0 aliphatic carbocycles. The number of para-hydroxylation sites is 1. The third kappa shape index (κ3) is 2.90. The lowest BCUT2D eigenvalue weighted by molar-refractivity contribution is -0.143. The van der Waals surface area contributed by atoms with Crippen LogP contribution in [0.2, 0.25) is 0 Å². The predicted molar refractivity (Wildman–Crippen MR) is 76.1 cm³/mol. The third-order valence-corrected chi connectivity index (χ3v) is 3.15. The molecule has 1 heterocycles. The normalized spacial score (nSPS) is 11.6. The van der Waals surface area contributed by atoms with E-state index < -0.39 is 17.4 Å². The number of rotatable bonds is 5. The molecule has 2 rings (SSSR count). The van der Waals surface area contributed by atoms with Crippen molar-refractivity contribution < 1.29 is 23.8 Å². The quantitative estimate of drug-likeness (QED) is 0.881. The van der Waals surface area contributed by atoms with Crippen LogP contribution in [0.1, 0.15) is 30.0 Å². The molecule has 2 N–H and O–H groups in total. The smallest absolute Gasteiger partial charge is 0.328 e. The fraction of sp³-hybridized carbons (Fsp3) is 0.333. The van der Waals surface area contributed by atoms with Crippen LogP contribution in [0.5, 0.6) is 0 Å². The minimum atomic E-state index is -1.39. The van der Waals surface area contributed by atoms with Gasteiger partial charge in [0.05, 0.1) is 6.61 Å². The molecule has 0 unspecified atom stereocenters. The second kappa shape index (κ2) is 5.57. The van der Waals surface area contributed by atoms with Crippen LogP contribution in [0, 0.1) is 0 Å². The van der Waals surface area contributed by atoms with E-state index in [2.05, 4.69) is 5.32 Å². The van der Waals surface area contributed by atoms with E-state index in [1.54, 1.807) is 12.1 Å². The topological polar surface area (TPSA) is 88.8 Å². The van der Waals surface area contributed by atoms with Gasteiger partial charge in [-0.1, -0.05) is 18.2 Å². The van der Waals surface area contributed by atoms with Crippen molar-refractivity contribution in [2.45, 2.75) is 26.0 Å². The number of carbonyl (C=O) groups excluding carboxylic acids is 1. The molecule has 1 aromatic heterocycles. The van der Waals surface area contributed by atoms with Crippen LogP contribution < -0.4 is 5.32 Å². The van der Waals surface area contributed by atoms with Gasteiger partial charge in [-0.25, -0.2) is 4.79 Å². The molecule has 0 fully saturated rings. The molecule has 6 nitrogen and oxygen atoms in total. The van der Waals surface area contributed by atoms with E-state index in [1.165, 1.54) is 21.0 Å². The summed E-state index contributed by atoms with van der Waals surface area (Å²) in [6.45, 7) is 3.02. The zero-order valence-electron chi connectivity index (χ0n) is 12.1. The molecule has 0 saturated carbocycles. The number of carboxylic acids is 1. The number of aliphatic carboxylic acids is 1. The first kappa shape index (κ1) is 15.1. The van der Waals surface area contributed by atoms with Crippen molar-refractivity contribution in [1.29, 1.82) is 0 Å². The van der Waals surface area contributed by atoms with Crippen molar-refractivity contribution in [3.8, 4) is 0 Å². The molecular formula is C15H17NO5. The largest absolute Gasteiger partial charge is 0.480 e. The van der Waals surface area contributed by atoms with Crippen LogP contribution >= 0.6 is 0 Å². The van der Waals surface area contributed by atoms with Crippen molar-refractivity contribution in [3.63, 3.8) is 0 Å². The number of amides is 1. The Hall–Kier alpha value is -2.34. The van der Waals surface area contributed by atoms with Gasteiger partial charge in [-0.15, -0.1) is 0 Å². The van der Waals surface area contributed by atoms with Gasteiger partial charge in [0, 0.05) is 18.1 Å². The summed E-state index contributed by atoms with van der Waals surface area (Å²) in [4.78, 5) is 23.4. The summed E-state index contributed by atoms with van der Waals surface area (Å²) in [6, 6.07) is 7.20. The number of ether oxygens (including phenoxy) is 1. The molecule has 0 aliphatic heterocycles. The zero-order valence-corrected chi connectivity index (χ0v) is 12.1. The van der Waals surface area contributed by atoms with Crippen molar-refractivity contribution in [3.05, 3.63) is 35.6 Å². The lowest BCUT2D eigenvalue weighted by Crippen LogP contribution is -2.49. The van der Waals surface area contributed by atoms with Gasteiger partial charge in [-0.3, -0.25) is 4.79 Å². The molecule has 0 radical (unpaired) electrons. The Morgan fingerprint density at radius 1 is 1.33 bits per heavy atom. The molecule has 21 heavy (non-hydrogen) atoms. The summed E-state index contributed by atoms with van der Waals surface area (Å²) >= 11 is 0. The number of hydrogen-bond acceptors (Lipinski definition) is 4. The molecule has 0 bridgehead atoms. The first-order valence-electron chi connectivity index (χ1n) is 6.42. The van der Waals surface area contributed by atoms with Crippen LogP contribution in [0.4, 0.5) is 0 Å². The molecule has 1 aromatic carbocycles. The van der Waals surface area contributed by atoms with E-state index in [1.807, 2.05) is 12.1 Å². The second-order valence-electron chi connectivity index (χ2n) is 5.22. The molecule has 6 heteroatoms. The highest BCUT2D eigenvalue weighted by Crippen LogP contribution is 2.26. The van der Waals surface area contributed by atoms with E-state index in [9.17, 15) is 9.59 Å². The number of methoxy groups -OCH3 is 1. The Balaban J connectivity index is 2.43. The number of carbonyl (C=O) groups is 2. The third-order valence-electron chi connectivity index (χ3n) is 3.15. The van der Waals surface area contributed by atoms with Gasteiger partial charge in [-0.2, -0.15) is 0 Å². The molecule has 0 spiro atoms. The molecular weight excluding hydrogens is 274 g/mol. The molecule has 0 aliphatic rings. The molecule has 112 valence electrons. The van der Waals surface area contributed by atoms with Gasteiger partial charge in [0.15, 0.2) is 5.76 Å². The summed E-state index contributed by atoms with van der Waals surface area (Å²) in [7, 11) is 1.52. The van der Waals surface area contributed by atoms with E-state index in [0.717, 1.165) is 5.39 Å².